The molecule has 4 aromatic heterocycles. The lowest BCUT2D eigenvalue weighted by Gasteiger charge is -2.26. The van der Waals surface area contributed by atoms with Gasteiger partial charge in [-0.05, 0) is 53.6 Å². The molecule has 9 aromatic carbocycles. The molecular formula is C56H30N4O2. The monoisotopic (exact) mass is 790 g/mol. The molecule has 0 spiro atoms. The molecule has 286 valence electrons. The molecule has 0 amide bonds. The van der Waals surface area contributed by atoms with E-state index in [1.165, 1.54) is 0 Å². The molecule has 4 heterocycles. The van der Waals surface area contributed by atoms with Gasteiger partial charge in [-0.15, -0.1) is 0 Å². The minimum atomic E-state index is 0.292. The molecule has 0 saturated carbocycles. The zero-order valence-electron chi connectivity index (χ0n) is 32.9. The highest BCUT2D eigenvalue weighted by Gasteiger charge is 2.32. The average Bonchev–Trinajstić information content (AvgIpc) is 4.08. The highest BCUT2D eigenvalue weighted by molar-refractivity contribution is 6.25. The van der Waals surface area contributed by atoms with Crippen LogP contribution in [0.3, 0.4) is 0 Å². The molecule has 0 aliphatic rings. The van der Waals surface area contributed by atoms with Gasteiger partial charge in [0.05, 0.1) is 52.0 Å². The Hall–Kier alpha value is -8.84. The van der Waals surface area contributed by atoms with E-state index >= 15 is 0 Å². The molecule has 13 aromatic rings. The van der Waals surface area contributed by atoms with Crippen molar-refractivity contribution in [3.63, 3.8) is 0 Å². The standard InChI is InChI=1S/C56H30N4O2/c1-57-52-49(33-17-5-3-6-18-33)54(59-43-26-14-10-24-39(43)51-44(59)30-29-38-36-22-11-16-28-47(36)62-56(38)51)55(50(53(52)58-2)34-19-7-4-8-20-34)60-42-25-13-9-21-35(42)40-31-41-37-23-12-15-27-46(37)61-48(41)32-45(40)60/h3-32H. The second-order valence-electron chi connectivity index (χ2n) is 15.7. The van der Waals surface area contributed by atoms with E-state index in [4.69, 9.17) is 22.0 Å². The second-order valence-corrected chi connectivity index (χ2v) is 15.7. The Labute approximate surface area is 353 Å². The Bertz CT molecular complexity index is 4020. The maximum Gasteiger partial charge on any atom is 0.205 e. The van der Waals surface area contributed by atoms with E-state index in [0.29, 0.717) is 22.5 Å². The molecule has 0 N–H and O–H groups in total. The maximum absolute atomic E-state index is 8.94. The van der Waals surface area contributed by atoms with Crippen LogP contribution in [-0.2, 0) is 0 Å². The lowest BCUT2D eigenvalue weighted by atomic mass is 9.91. The zero-order chi connectivity index (χ0) is 41.1. The van der Waals surface area contributed by atoms with Crippen molar-refractivity contribution >= 4 is 98.9 Å². The van der Waals surface area contributed by atoms with Crippen LogP contribution >= 0.6 is 0 Å². The SMILES string of the molecule is [C-]#[N+]c1c([N+]#[C-])c(-c2ccccc2)c(-n2c3ccccc3c3c4oc5ccccc5c4ccc32)c(-n2c3ccccc3c3cc4c(cc32)oc2ccccc24)c1-c1ccccc1. The Morgan fingerprint density at radius 3 is 1.48 bits per heavy atom. The quantitative estimate of drug-likeness (QED) is 0.167. The molecule has 62 heavy (non-hydrogen) atoms. The van der Waals surface area contributed by atoms with Gasteiger partial charge in [0.15, 0.2) is 0 Å². The summed E-state index contributed by atoms with van der Waals surface area (Å²) in [5.74, 6) is 0. The van der Waals surface area contributed by atoms with Gasteiger partial charge in [0.2, 0.25) is 11.4 Å². The Morgan fingerprint density at radius 2 is 0.855 bits per heavy atom. The van der Waals surface area contributed by atoms with Crippen molar-refractivity contribution in [2.75, 3.05) is 0 Å². The molecule has 0 fully saturated rings. The molecule has 6 nitrogen and oxygen atoms in total. The van der Waals surface area contributed by atoms with Crippen molar-refractivity contribution < 1.29 is 8.83 Å². The van der Waals surface area contributed by atoms with Crippen LogP contribution in [0.2, 0.25) is 0 Å². The van der Waals surface area contributed by atoms with Gasteiger partial charge in [0.25, 0.3) is 0 Å². The summed E-state index contributed by atoms with van der Waals surface area (Å²) in [7, 11) is 0. The van der Waals surface area contributed by atoms with Gasteiger partial charge >= 0.3 is 0 Å². The molecule has 0 aliphatic carbocycles. The third kappa shape index (κ3) is 4.55. The van der Waals surface area contributed by atoms with Crippen molar-refractivity contribution in [2.24, 2.45) is 0 Å². The van der Waals surface area contributed by atoms with Gasteiger partial charge in [-0.25, -0.2) is 9.69 Å². The molecule has 0 radical (unpaired) electrons. The number of aromatic nitrogens is 2. The topological polar surface area (TPSA) is 44.9 Å². The van der Waals surface area contributed by atoms with Crippen LogP contribution in [0.1, 0.15) is 0 Å². The van der Waals surface area contributed by atoms with Gasteiger partial charge in [0.1, 0.15) is 22.3 Å². The number of fused-ring (bicyclic) bond motifs is 13. The van der Waals surface area contributed by atoms with Gasteiger partial charge in [-0.2, -0.15) is 0 Å². The number of rotatable bonds is 4. The van der Waals surface area contributed by atoms with E-state index in [9.17, 15) is 0 Å². The first-order valence-corrected chi connectivity index (χ1v) is 20.5. The van der Waals surface area contributed by atoms with Crippen LogP contribution in [0.5, 0.6) is 0 Å². The van der Waals surface area contributed by atoms with Crippen LogP contribution in [0, 0.1) is 13.1 Å². The molecular weight excluding hydrogens is 761 g/mol. The van der Waals surface area contributed by atoms with Crippen LogP contribution < -0.4 is 0 Å². The molecule has 0 atom stereocenters. The predicted molar refractivity (Wildman–Crippen MR) is 253 cm³/mol. The summed E-state index contributed by atoms with van der Waals surface area (Å²) in [5.41, 5.74) is 12.1. The minimum absolute atomic E-state index is 0.292. The lowest BCUT2D eigenvalue weighted by Crippen LogP contribution is -2.08. The summed E-state index contributed by atoms with van der Waals surface area (Å²) >= 11 is 0. The highest BCUT2D eigenvalue weighted by atomic mass is 16.3. The third-order valence-corrected chi connectivity index (χ3v) is 12.5. The van der Waals surface area contributed by atoms with Crippen molar-refractivity contribution in [1.29, 1.82) is 0 Å². The van der Waals surface area contributed by atoms with E-state index in [1.807, 2.05) is 97.1 Å². The van der Waals surface area contributed by atoms with E-state index in [1.54, 1.807) is 0 Å². The van der Waals surface area contributed by atoms with E-state index < -0.39 is 0 Å². The zero-order valence-corrected chi connectivity index (χ0v) is 32.9. The summed E-state index contributed by atoms with van der Waals surface area (Å²) in [6.45, 7) is 17.9. The summed E-state index contributed by atoms with van der Waals surface area (Å²) in [6.07, 6.45) is 0. The van der Waals surface area contributed by atoms with E-state index in [-0.39, 0.29) is 0 Å². The first-order valence-electron chi connectivity index (χ1n) is 20.5. The molecule has 0 bridgehead atoms. The fraction of sp³-hybridized carbons (Fsp3) is 0. The number of benzene rings is 9. The van der Waals surface area contributed by atoms with Crippen LogP contribution in [0.4, 0.5) is 11.4 Å². The van der Waals surface area contributed by atoms with Crippen LogP contribution in [0.25, 0.3) is 131 Å². The largest absolute Gasteiger partial charge is 0.456 e. The number of hydrogen-bond donors (Lipinski definition) is 0. The van der Waals surface area contributed by atoms with Crippen molar-refractivity contribution in [2.45, 2.75) is 0 Å². The first-order chi connectivity index (χ1) is 30.7. The number of hydrogen-bond acceptors (Lipinski definition) is 2. The van der Waals surface area contributed by atoms with Crippen LogP contribution in [-0.4, -0.2) is 9.13 Å². The summed E-state index contributed by atoms with van der Waals surface area (Å²) < 4.78 is 18.0. The van der Waals surface area contributed by atoms with Gasteiger partial charge in [0, 0.05) is 54.9 Å². The lowest BCUT2D eigenvalue weighted by molar-refractivity contribution is 0.669. The summed E-state index contributed by atoms with van der Waals surface area (Å²) in [5, 5.41) is 8.28. The van der Waals surface area contributed by atoms with E-state index in [2.05, 4.69) is 104 Å². The third-order valence-electron chi connectivity index (χ3n) is 12.5. The van der Waals surface area contributed by atoms with Crippen LogP contribution in [0.15, 0.2) is 191 Å². The first kappa shape index (κ1) is 34.1. The maximum atomic E-state index is 8.94. The second kappa shape index (κ2) is 12.8. The molecule has 0 aliphatic heterocycles. The molecule has 6 heteroatoms. The summed E-state index contributed by atoms with van der Waals surface area (Å²) in [4.78, 5) is 8.61. The molecule has 13 rings (SSSR count). The summed E-state index contributed by atoms with van der Waals surface area (Å²) in [6, 6.07) is 62.1. The van der Waals surface area contributed by atoms with Crippen molar-refractivity contribution in [1.82, 2.24) is 9.13 Å². The van der Waals surface area contributed by atoms with Gasteiger partial charge in [-0.1, -0.05) is 133 Å². The minimum Gasteiger partial charge on any atom is -0.456 e. The number of furan rings is 2. The average molecular weight is 791 g/mol. The van der Waals surface area contributed by atoms with Crippen molar-refractivity contribution in [3.05, 3.63) is 205 Å². The molecule has 0 unspecified atom stereocenters. The molecule has 0 saturated heterocycles. The van der Waals surface area contributed by atoms with Gasteiger partial charge < -0.3 is 18.0 Å². The predicted octanol–water partition coefficient (Wildman–Crippen LogP) is 16.1. The van der Waals surface area contributed by atoms with Crippen molar-refractivity contribution in [3.8, 4) is 33.6 Å². The Balaban J connectivity index is 1.33. The smallest absolute Gasteiger partial charge is 0.205 e. The number of para-hydroxylation sites is 4. The Morgan fingerprint density at radius 1 is 0.355 bits per heavy atom. The van der Waals surface area contributed by atoms with E-state index in [0.717, 1.165) is 110 Å². The fourth-order valence-corrected chi connectivity index (χ4v) is 10.0. The Kier molecular flexibility index (Phi) is 7.05. The van der Waals surface area contributed by atoms with Gasteiger partial charge in [-0.3, -0.25) is 0 Å². The normalized spacial score (nSPS) is 11.8. The fourth-order valence-electron chi connectivity index (χ4n) is 10.0. The highest BCUT2D eigenvalue weighted by Crippen LogP contribution is 2.56. The number of nitrogens with zero attached hydrogens (tertiary/aromatic N) is 4.